The van der Waals surface area contributed by atoms with E-state index in [0.717, 1.165) is 23.7 Å². The van der Waals surface area contributed by atoms with Crippen LogP contribution in [0, 0.1) is 62.6 Å². The fraction of sp³-hybridized carbons (Fsp3) is 0.935. The van der Waals surface area contributed by atoms with Crippen LogP contribution >= 0.6 is 0 Å². The Morgan fingerprint density at radius 3 is 2.19 bits per heavy atom. The van der Waals surface area contributed by atoms with Crippen LogP contribution in [0.2, 0.25) is 0 Å². The molecule has 182 valence electrons. The molecule has 0 radical (unpaired) electrons. The smallest absolute Gasteiger partial charge is 0.0490 e. The van der Waals surface area contributed by atoms with Crippen molar-refractivity contribution in [1.82, 2.24) is 0 Å². The molecule has 5 fully saturated rings. The van der Waals surface area contributed by atoms with E-state index in [-0.39, 0.29) is 5.41 Å². The zero-order chi connectivity index (χ0) is 23.3. The minimum Gasteiger partial charge on any atom is -0.396 e. The molecule has 0 spiro atoms. The minimum absolute atomic E-state index is 0.181. The van der Waals surface area contributed by atoms with Gasteiger partial charge in [-0.25, -0.2) is 0 Å². The van der Waals surface area contributed by atoms with Crippen molar-refractivity contribution in [2.75, 3.05) is 6.61 Å². The minimum atomic E-state index is 0.181. The quantitative estimate of drug-likeness (QED) is 0.428. The highest BCUT2D eigenvalue weighted by atomic mass is 16.3. The van der Waals surface area contributed by atoms with E-state index in [9.17, 15) is 5.11 Å². The van der Waals surface area contributed by atoms with E-state index < -0.39 is 0 Å². The number of fused-ring (bicyclic) bond motifs is 7. The van der Waals surface area contributed by atoms with Crippen molar-refractivity contribution in [2.45, 2.75) is 113 Å². The Bertz CT molecular complexity index is 781. The van der Waals surface area contributed by atoms with Gasteiger partial charge in [0.15, 0.2) is 0 Å². The molecule has 1 N–H and O–H groups in total. The van der Waals surface area contributed by atoms with Gasteiger partial charge in [0.1, 0.15) is 0 Å². The molecule has 10 atom stereocenters. The molecule has 5 rings (SSSR count). The number of allylic oxidation sites excluding steroid dienone is 1. The van der Waals surface area contributed by atoms with E-state index in [2.05, 4.69) is 55.0 Å². The van der Waals surface area contributed by atoms with Gasteiger partial charge in [-0.15, -0.1) is 0 Å². The van der Waals surface area contributed by atoms with Gasteiger partial charge < -0.3 is 5.11 Å². The molecule has 0 amide bonds. The molecular formula is C31H52O. The van der Waals surface area contributed by atoms with E-state index in [1.54, 1.807) is 0 Å². The maximum atomic E-state index is 10.7. The fourth-order valence-electron chi connectivity index (χ4n) is 11.7. The predicted octanol–water partition coefficient (Wildman–Crippen LogP) is 8.27. The standard InChI is InChI=1S/C31H52O/c1-20(2)22-12-16-31(19-32)18-17-29(7)23(26(22)31)9-10-25-28(6)14-11-21(3)27(4,5)24(28)13-15-30(25,29)8/h21-26,32H,1,9-19H2,2-8H3/t21-,22-,23?,24?,25?,26?,28-,29+,30+,31?/m0/s1. The summed E-state index contributed by atoms with van der Waals surface area (Å²) in [5, 5.41) is 10.7. The summed E-state index contributed by atoms with van der Waals surface area (Å²) in [6.45, 7) is 23.1. The lowest BCUT2D eigenvalue weighted by Crippen LogP contribution is -2.66. The summed E-state index contributed by atoms with van der Waals surface area (Å²) < 4.78 is 0. The maximum absolute atomic E-state index is 10.7. The second-order valence-electron chi connectivity index (χ2n) is 15.0. The Hall–Kier alpha value is -0.300. The molecule has 32 heavy (non-hydrogen) atoms. The Kier molecular flexibility index (Phi) is 5.21. The van der Waals surface area contributed by atoms with Crippen molar-refractivity contribution in [2.24, 2.45) is 62.6 Å². The van der Waals surface area contributed by atoms with Crippen LogP contribution in [-0.2, 0) is 0 Å². The maximum Gasteiger partial charge on any atom is 0.0490 e. The van der Waals surface area contributed by atoms with Crippen LogP contribution in [0.4, 0.5) is 0 Å². The monoisotopic (exact) mass is 440 g/mol. The van der Waals surface area contributed by atoms with E-state index in [1.807, 2.05) is 0 Å². The van der Waals surface area contributed by atoms with Crippen molar-refractivity contribution < 1.29 is 5.11 Å². The first-order valence-electron chi connectivity index (χ1n) is 14.1. The highest BCUT2D eigenvalue weighted by Crippen LogP contribution is 2.77. The van der Waals surface area contributed by atoms with E-state index in [1.165, 1.54) is 69.8 Å². The lowest BCUT2D eigenvalue weighted by Gasteiger charge is -2.73. The van der Waals surface area contributed by atoms with Crippen LogP contribution in [0.5, 0.6) is 0 Å². The molecule has 0 aromatic heterocycles. The topological polar surface area (TPSA) is 20.2 Å². The van der Waals surface area contributed by atoms with Crippen molar-refractivity contribution >= 4 is 0 Å². The Morgan fingerprint density at radius 1 is 0.812 bits per heavy atom. The first-order chi connectivity index (χ1) is 14.9. The van der Waals surface area contributed by atoms with Crippen LogP contribution in [0.15, 0.2) is 12.2 Å². The van der Waals surface area contributed by atoms with Crippen molar-refractivity contribution in [3.05, 3.63) is 12.2 Å². The molecule has 0 saturated heterocycles. The highest BCUT2D eigenvalue weighted by molar-refractivity contribution is 5.21. The molecule has 1 heteroatoms. The summed E-state index contributed by atoms with van der Waals surface area (Å²) in [6, 6.07) is 0. The summed E-state index contributed by atoms with van der Waals surface area (Å²) in [5.74, 6) is 4.67. The summed E-state index contributed by atoms with van der Waals surface area (Å²) >= 11 is 0. The normalized spacial score (nSPS) is 56.5. The van der Waals surface area contributed by atoms with Gasteiger partial charge in [0, 0.05) is 6.61 Å². The molecule has 0 bridgehead atoms. The number of rotatable bonds is 2. The van der Waals surface area contributed by atoms with E-state index >= 15 is 0 Å². The lowest BCUT2D eigenvalue weighted by atomic mass is 9.32. The van der Waals surface area contributed by atoms with Crippen LogP contribution < -0.4 is 0 Å². The van der Waals surface area contributed by atoms with Crippen LogP contribution in [0.25, 0.3) is 0 Å². The Morgan fingerprint density at radius 2 is 1.53 bits per heavy atom. The van der Waals surface area contributed by atoms with Gasteiger partial charge in [-0.1, -0.05) is 53.7 Å². The number of aliphatic hydroxyl groups is 1. The summed E-state index contributed by atoms with van der Waals surface area (Å²) in [5.41, 5.74) is 3.41. The second-order valence-corrected chi connectivity index (χ2v) is 15.0. The van der Waals surface area contributed by atoms with Gasteiger partial charge in [-0.2, -0.15) is 0 Å². The zero-order valence-electron chi connectivity index (χ0n) is 22.4. The summed E-state index contributed by atoms with van der Waals surface area (Å²) in [6.07, 6.45) is 13.6. The second kappa shape index (κ2) is 7.11. The molecule has 5 aliphatic rings. The van der Waals surface area contributed by atoms with Crippen LogP contribution in [0.1, 0.15) is 113 Å². The molecule has 5 aliphatic carbocycles. The summed E-state index contributed by atoms with van der Waals surface area (Å²) in [4.78, 5) is 0. The number of hydrogen-bond donors (Lipinski definition) is 1. The SMILES string of the molecule is C=C(C)[C@@H]1CCC2(CO)CC[C@]3(C)C(CCC4[C@@]5(C)CC[C@H](C)C(C)(C)C5CC[C@]43C)C12. The summed E-state index contributed by atoms with van der Waals surface area (Å²) in [7, 11) is 0. The third-order valence-corrected chi connectivity index (χ3v) is 14.1. The largest absolute Gasteiger partial charge is 0.396 e. The Balaban J connectivity index is 1.55. The molecule has 5 unspecified atom stereocenters. The Labute approximate surface area is 199 Å². The molecule has 0 aromatic carbocycles. The van der Waals surface area contributed by atoms with Gasteiger partial charge in [-0.05, 0) is 134 Å². The van der Waals surface area contributed by atoms with Crippen molar-refractivity contribution in [3.8, 4) is 0 Å². The molecule has 0 aliphatic heterocycles. The highest BCUT2D eigenvalue weighted by Gasteiger charge is 2.70. The van der Waals surface area contributed by atoms with Gasteiger partial charge in [0.05, 0.1) is 0 Å². The fourth-order valence-corrected chi connectivity index (χ4v) is 11.7. The third-order valence-electron chi connectivity index (χ3n) is 14.1. The van der Waals surface area contributed by atoms with Crippen molar-refractivity contribution in [1.29, 1.82) is 0 Å². The molecule has 5 saturated carbocycles. The van der Waals surface area contributed by atoms with Crippen molar-refractivity contribution in [3.63, 3.8) is 0 Å². The molecular weight excluding hydrogens is 388 g/mol. The van der Waals surface area contributed by atoms with Crippen LogP contribution in [-0.4, -0.2) is 11.7 Å². The van der Waals surface area contributed by atoms with Gasteiger partial charge in [0.2, 0.25) is 0 Å². The number of aliphatic hydroxyl groups excluding tert-OH is 1. The lowest BCUT2D eigenvalue weighted by molar-refractivity contribution is -0.243. The zero-order valence-corrected chi connectivity index (χ0v) is 22.4. The van der Waals surface area contributed by atoms with Gasteiger partial charge in [-0.3, -0.25) is 0 Å². The molecule has 0 heterocycles. The average Bonchev–Trinajstić information content (AvgIpc) is 3.12. The van der Waals surface area contributed by atoms with Gasteiger partial charge >= 0.3 is 0 Å². The van der Waals surface area contributed by atoms with Gasteiger partial charge in [0.25, 0.3) is 0 Å². The van der Waals surface area contributed by atoms with E-state index in [0.29, 0.717) is 40.1 Å². The molecule has 0 aromatic rings. The van der Waals surface area contributed by atoms with E-state index in [4.69, 9.17) is 0 Å². The number of hydrogen-bond acceptors (Lipinski definition) is 1. The average molecular weight is 441 g/mol. The van der Waals surface area contributed by atoms with Crippen LogP contribution in [0.3, 0.4) is 0 Å². The first kappa shape index (κ1) is 23.4. The predicted molar refractivity (Wildman–Crippen MR) is 135 cm³/mol. The first-order valence-corrected chi connectivity index (χ1v) is 14.1. The third kappa shape index (κ3) is 2.67. The molecule has 1 nitrogen and oxygen atoms in total.